The molecule has 2 aliphatic heterocycles. The van der Waals surface area contributed by atoms with Gasteiger partial charge in [0.2, 0.25) is 0 Å². The van der Waals surface area contributed by atoms with Gasteiger partial charge in [0, 0.05) is 25.5 Å². The number of rotatable bonds is 0. The van der Waals surface area contributed by atoms with Crippen LogP contribution in [0.4, 0.5) is 0 Å². The Kier molecular flexibility index (Phi) is 12.9. The molecule has 2 aromatic heterocycles. The predicted octanol–water partition coefficient (Wildman–Crippen LogP) is 0.862. The molecule has 2 fully saturated rings. The highest BCUT2D eigenvalue weighted by atomic mass is 16.5. The third kappa shape index (κ3) is 13.2. The average molecular weight is 306 g/mol. The minimum atomic E-state index is 0.889. The fourth-order valence-electron chi connectivity index (χ4n) is 1.62. The van der Waals surface area contributed by atoms with Crippen LogP contribution in [-0.4, -0.2) is 59.8 Å². The van der Waals surface area contributed by atoms with Gasteiger partial charge in [0.15, 0.2) is 0 Å². The lowest BCUT2D eigenvalue weighted by Crippen LogP contribution is -2.30. The van der Waals surface area contributed by atoms with Crippen LogP contribution in [0.25, 0.3) is 0 Å². The molecule has 2 saturated heterocycles. The Morgan fingerprint density at radius 3 is 1.45 bits per heavy atom. The Morgan fingerprint density at radius 1 is 0.682 bits per heavy atom. The number of pyridine rings is 1. The van der Waals surface area contributed by atoms with E-state index in [1.807, 2.05) is 18.2 Å². The lowest BCUT2D eigenvalue weighted by Gasteiger charge is -2.10. The Balaban J connectivity index is 0.000000147. The normalized spacial score (nSPS) is 16.0. The summed E-state index contributed by atoms with van der Waals surface area (Å²) in [5.41, 5.74) is 0. The van der Waals surface area contributed by atoms with Crippen molar-refractivity contribution in [2.24, 2.45) is 0 Å². The molecule has 0 amide bonds. The van der Waals surface area contributed by atoms with Gasteiger partial charge in [0.05, 0.1) is 25.6 Å². The number of hydrogen-bond acceptors (Lipinski definition) is 6. The molecule has 0 unspecified atom stereocenters. The van der Waals surface area contributed by atoms with E-state index in [0.29, 0.717) is 0 Å². The molecule has 7 nitrogen and oxygen atoms in total. The van der Waals surface area contributed by atoms with Crippen molar-refractivity contribution < 1.29 is 4.74 Å². The summed E-state index contributed by atoms with van der Waals surface area (Å²) in [7, 11) is 0. The van der Waals surface area contributed by atoms with E-state index in [2.05, 4.69) is 31.0 Å². The number of morpholine rings is 1. The summed E-state index contributed by atoms with van der Waals surface area (Å²) in [6.07, 6.45) is 9.44. The van der Waals surface area contributed by atoms with Gasteiger partial charge < -0.3 is 15.4 Å². The number of ether oxygens (including phenoxy) is 1. The van der Waals surface area contributed by atoms with Crippen molar-refractivity contribution in [3.8, 4) is 0 Å². The van der Waals surface area contributed by atoms with E-state index in [0.717, 1.165) is 26.3 Å². The molecule has 0 aromatic carbocycles. The highest BCUT2D eigenvalue weighted by Gasteiger charge is 1.93. The Hall–Kier alpha value is -1.83. The van der Waals surface area contributed by atoms with E-state index in [-0.39, 0.29) is 0 Å². The van der Waals surface area contributed by atoms with Gasteiger partial charge in [-0.3, -0.25) is 4.98 Å². The van der Waals surface area contributed by atoms with Crippen molar-refractivity contribution in [1.29, 1.82) is 0 Å². The molecule has 0 radical (unpaired) electrons. The number of aromatic amines is 1. The van der Waals surface area contributed by atoms with Crippen molar-refractivity contribution in [3.63, 3.8) is 0 Å². The summed E-state index contributed by atoms with van der Waals surface area (Å²) in [5, 5.41) is 15.7. The van der Waals surface area contributed by atoms with Crippen LogP contribution in [0.3, 0.4) is 0 Å². The first kappa shape index (κ1) is 18.2. The van der Waals surface area contributed by atoms with Gasteiger partial charge in [-0.15, -0.1) is 0 Å². The highest BCUT2D eigenvalue weighted by Crippen LogP contribution is 1.90. The molecule has 7 heteroatoms. The second-order valence-electron chi connectivity index (χ2n) is 4.50. The van der Waals surface area contributed by atoms with E-state index < -0.39 is 0 Å². The lowest BCUT2D eigenvalue weighted by atomic mass is 10.4. The zero-order valence-electron chi connectivity index (χ0n) is 12.9. The molecule has 4 rings (SSSR count). The maximum atomic E-state index is 5.01. The number of aromatic nitrogens is 4. The Bertz CT molecular complexity index is 327. The van der Waals surface area contributed by atoms with Crippen molar-refractivity contribution in [2.45, 2.75) is 12.8 Å². The number of nitrogens with one attached hydrogen (secondary N) is 3. The molecule has 2 aromatic rings. The second-order valence-corrected chi connectivity index (χ2v) is 4.50. The van der Waals surface area contributed by atoms with Gasteiger partial charge in [-0.05, 0) is 38.1 Å². The Morgan fingerprint density at radius 2 is 1.27 bits per heavy atom. The van der Waals surface area contributed by atoms with Crippen molar-refractivity contribution in [1.82, 2.24) is 31.0 Å². The van der Waals surface area contributed by atoms with Crippen LogP contribution in [0, 0.1) is 0 Å². The van der Waals surface area contributed by atoms with E-state index >= 15 is 0 Å². The number of hydrogen-bond donors (Lipinski definition) is 3. The number of nitrogens with zero attached hydrogens (tertiary/aromatic N) is 3. The second kappa shape index (κ2) is 15.6. The fourth-order valence-corrected chi connectivity index (χ4v) is 1.62. The van der Waals surface area contributed by atoms with Gasteiger partial charge >= 0.3 is 0 Å². The van der Waals surface area contributed by atoms with E-state index in [1.54, 1.807) is 24.8 Å². The van der Waals surface area contributed by atoms with Crippen molar-refractivity contribution in [3.05, 3.63) is 43.0 Å². The molecule has 122 valence electrons. The summed E-state index contributed by atoms with van der Waals surface area (Å²) < 4.78 is 5.01. The third-order valence-corrected chi connectivity index (χ3v) is 2.70. The van der Waals surface area contributed by atoms with Crippen LogP contribution >= 0.6 is 0 Å². The molecule has 0 spiro atoms. The fraction of sp³-hybridized carbons (Fsp3) is 0.533. The molecule has 0 bridgehead atoms. The molecule has 0 aliphatic carbocycles. The van der Waals surface area contributed by atoms with Gasteiger partial charge in [-0.25, -0.2) is 0 Å². The smallest absolute Gasteiger partial charge is 0.0690 e. The third-order valence-electron chi connectivity index (χ3n) is 2.70. The molecular weight excluding hydrogens is 280 g/mol. The SMILES string of the molecule is C1CCNC1.C1COCCN1.c1ccncc1.c1cn[nH]n1. The van der Waals surface area contributed by atoms with Crippen LogP contribution in [-0.2, 0) is 4.74 Å². The molecule has 22 heavy (non-hydrogen) atoms. The largest absolute Gasteiger partial charge is 0.379 e. The summed E-state index contributed by atoms with van der Waals surface area (Å²) in [6, 6.07) is 5.72. The standard InChI is InChI=1S/C5H5N.C4H9NO.C4H9N.C2H3N3/c1-2-4-6-5-3-1;1-3-6-4-2-5-1;2*1-2-4-5-3-1/h1-5H;5H,1-4H2;5H,1-4H2;1-2H,(H,3,4,5). The molecule has 0 atom stereocenters. The first-order valence-corrected chi connectivity index (χ1v) is 7.64. The van der Waals surface area contributed by atoms with Gasteiger partial charge in [0.25, 0.3) is 0 Å². The Labute approximate surface area is 131 Å². The molecule has 3 N–H and O–H groups in total. The van der Waals surface area contributed by atoms with Gasteiger partial charge in [-0.1, -0.05) is 6.07 Å². The summed E-state index contributed by atoms with van der Waals surface area (Å²) in [5.74, 6) is 0. The summed E-state index contributed by atoms with van der Waals surface area (Å²) in [4.78, 5) is 3.78. The predicted molar refractivity (Wildman–Crippen MR) is 86.4 cm³/mol. The molecule has 4 heterocycles. The summed E-state index contributed by atoms with van der Waals surface area (Å²) >= 11 is 0. The summed E-state index contributed by atoms with van der Waals surface area (Å²) in [6.45, 7) is 6.33. The topological polar surface area (TPSA) is 87.8 Å². The molecule has 0 saturated carbocycles. The van der Waals surface area contributed by atoms with E-state index in [4.69, 9.17) is 4.74 Å². The van der Waals surface area contributed by atoms with Crippen LogP contribution in [0.5, 0.6) is 0 Å². The van der Waals surface area contributed by atoms with Gasteiger partial charge in [-0.2, -0.15) is 15.4 Å². The zero-order chi connectivity index (χ0) is 15.6. The van der Waals surface area contributed by atoms with E-state index in [1.165, 1.54) is 25.9 Å². The maximum Gasteiger partial charge on any atom is 0.0690 e. The van der Waals surface area contributed by atoms with Crippen LogP contribution in [0.15, 0.2) is 43.0 Å². The molecule has 2 aliphatic rings. The first-order valence-electron chi connectivity index (χ1n) is 7.64. The van der Waals surface area contributed by atoms with Crippen LogP contribution in [0.2, 0.25) is 0 Å². The number of H-pyrrole nitrogens is 1. The van der Waals surface area contributed by atoms with Crippen molar-refractivity contribution >= 4 is 0 Å². The first-order chi connectivity index (χ1) is 11.0. The highest BCUT2D eigenvalue weighted by molar-refractivity contribution is 4.88. The maximum absolute atomic E-state index is 5.01. The van der Waals surface area contributed by atoms with E-state index in [9.17, 15) is 0 Å². The van der Waals surface area contributed by atoms with Crippen LogP contribution < -0.4 is 10.6 Å². The quantitative estimate of drug-likeness (QED) is 0.669. The average Bonchev–Trinajstić information content (AvgIpc) is 3.37. The zero-order valence-corrected chi connectivity index (χ0v) is 12.9. The molecular formula is C15H26N6O. The van der Waals surface area contributed by atoms with Gasteiger partial charge in [0.1, 0.15) is 0 Å². The lowest BCUT2D eigenvalue weighted by molar-refractivity contribution is 0.109. The minimum absolute atomic E-state index is 0.889. The van der Waals surface area contributed by atoms with Crippen molar-refractivity contribution in [2.75, 3.05) is 39.4 Å². The minimum Gasteiger partial charge on any atom is -0.379 e. The monoisotopic (exact) mass is 306 g/mol. The van der Waals surface area contributed by atoms with Crippen LogP contribution in [0.1, 0.15) is 12.8 Å².